The van der Waals surface area contributed by atoms with Gasteiger partial charge in [0, 0.05) is 43.2 Å². The summed E-state index contributed by atoms with van der Waals surface area (Å²) in [4.78, 5) is 30.1. The van der Waals surface area contributed by atoms with Crippen LogP contribution in [0.3, 0.4) is 0 Å². The zero-order chi connectivity index (χ0) is 19.4. The van der Waals surface area contributed by atoms with E-state index in [9.17, 15) is 18.4 Å². The molecule has 138 valence electrons. The molecule has 3 aromatic rings. The van der Waals surface area contributed by atoms with Crippen molar-refractivity contribution in [1.29, 1.82) is 0 Å². The fraction of sp³-hybridized carbons (Fsp3) is 0.150. The zero-order valence-corrected chi connectivity index (χ0v) is 14.6. The minimum absolute atomic E-state index is 0.0121. The molecule has 0 spiro atoms. The lowest BCUT2D eigenvalue weighted by Crippen LogP contribution is -2.32. The molecular formula is C20H17F2N3O2. The van der Waals surface area contributed by atoms with E-state index in [-0.39, 0.29) is 24.6 Å². The summed E-state index contributed by atoms with van der Waals surface area (Å²) in [6, 6.07) is 12.3. The van der Waals surface area contributed by atoms with E-state index in [1.807, 2.05) is 18.2 Å². The van der Waals surface area contributed by atoms with Crippen LogP contribution in [0, 0.1) is 11.6 Å². The Hall–Kier alpha value is -3.35. The van der Waals surface area contributed by atoms with Crippen molar-refractivity contribution < 1.29 is 18.4 Å². The van der Waals surface area contributed by atoms with Crippen molar-refractivity contribution in [1.82, 2.24) is 4.98 Å². The van der Waals surface area contributed by atoms with Crippen molar-refractivity contribution in [3.05, 3.63) is 66.4 Å². The SMILES string of the molecule is CC(=O)N(CCC(=O)Nc1ccc(F)c(F)c1)c1cccc2cccnc12. The van der Waals surface area contributed by atoms with Crippen LogP contribution < -0.4 is 10.2 Å². The van der Waals surface area contributed by atoms with E-state index < -0.39 is 17.5 Å². The van der Waals surface area contributed by atoms with Crippen molar-refractivity contribution >= 4 is 34.1 Å². The Morgan fingerprint density at radius 2 is 1.85 bits per heavy atom. The average Bonchev–Trinajstić information content (AvgIpc) is 2.65. The van der Waals surface area contributed by atoms with Crippen molar-refractivity contribution in [2.45, 2.75) is 13.3 Å². The topological polar surface area (TPSA) is 62.3 Å². The monoisotopic (exact) mass is 369 g/mol. The van der Waals surface area contributed by atoms with E-state index in [4.69, 9.17) is 0 Å². The van der Waals surface area contributed by atoms with Crippen molar-refractivity contribution in [3.63, 3.8) is 0 Å². The number of para-hydroxylation sites is 1. The first-order valence-corrected chi connectivity index (χ1v) is 8.32. The second kappa shape index (κ2) is 7.90. The molecule has 0 aliphatic carbocycles. The number of hydrogen-bond donors (Lipinski definition) is 1. The fourth-order valence-corrected chi connectivity index (χ4v) is 2.76. The summed E-state index contributed by atoms with van der Waals surface area (Å²) < 4.78 is 26.2. The van der Waals surface area contributed by atoms with Crippen LogP contribution in [0.15, 0.2) is 54.7 Å². The summed E-state index contributed by atoms with van der Waals surface area (Å²) in [5.41, 5.74) is 1.43. The summed E-state index contributed by atoms with van der Waals surface area (Å²) in [6.45, 7) is 1.54. The molecule has 0 saturated carbocycles. The molecule has 0 atom stereocenters. The highest BCUT2D eigenvalue weighted by Crippen LogP contribution is 2.25. The van der Waals surface area contributed by atoms with Gasteiger partial charge >= 0.3 is 0 Å². The van der Waals surface area contributed by atoms with Crippen LogP contribution in [0.5, 0.6) is 0 Å². The number of carbonyl (C=O) groups excluding carboxylic acids is 2. The molecule has 0 radical (unpaired) electrons. The van der Waals surface area contributed by atoms with Gasteiger partial charge in [-0.05, 0) is 24.3 Å². The molecule has 0 fully saturated rings. The number of pyridine rings is 1. The number of nitrogens with zero attached hydrogens (tertiary/aromatic N) is 2. The summed E-state index contributed by atoms with van der Waals surface area (Å²) in [6.07, 6.45) is 1.63. The Bertz CT molecular complexity index is 1000. The molecule has 1 N–H and O–H groups in total. The molecule has 0 bridgehead atoms. The standard InChI is InChI=1S/C20H17F2N3O2/c1-13(26)25(18-6-2-4-14-5-3-10-23-20(14)18)11-9-19(27)24-15-7-8-16(21)17(22)12-15/h2-8,10,12H,9,11H2,1H3,(H,24,27). The molecule has 0 unspecified atom stereocenters. The minimum atomic E-state index is -1.04. The van der Waals surface area contributed by atoms with E-state index in [0.29, 0.717) is 11.2 Å². The van der Waals surface area contributed by atoms with Gasteiger partial charge in [0.2, 0.25) is 11.8 Å². The van der Waals surface area contributed by atoms with Gasteiger partial charge in [-0.25, -0.2) is 8.78 Å². The third kappa shape index (κ3) is 4.25. The number of amides is 2. The Labute approximate surface area is 154 Å². The van der Waals surface area contributed by atoms with E-state index in [0.717, 1.165) is 17.5 Å². The van der Waals surface area contributed by atoms with Crippen LogP contribution in [0.25, 0.3) is 10.9 Å². The lowest BCUT2D eigenvalue weighted by Gasteiger charge is -2.22. The number of benzene rings is 2. The molecule has 0 saturated heterocycles. The zero-order valence-electron chi connectivity index (χ0n) is 14.6. The van der Waals surface area contributed by atoms with Crippen molar-refractivity contribution in [2.24, 2.45) is 0 Å². The van der Waals surface area contributed by atoms with Gasteiger partial charge in [0.15, 0.2) is 11.6 Å². The normalized spacial score (nSPS) is 10.6. The van der Waals surface area contributed by atoms with Gasteiger partial charge in [-0.15, -0.1) is 0 Å². The summed E-state index contributed by atoms with van der Waals surface area (Å²) in [7, 11) is 0. The van der Waals surface area contributed by atoms with Gasteiger partial charge in [0.1, 0.15) is 0 Å². The Balaban J connectivity index is 1.74. The first-order valence-electron chi connectivity index (χ1n) is 8.32. The highest BCUT2D eigenvalue weighted by atomic mass is 19.2. The highest BCUT2D eigenvalue weighted by Gasteiger charge is 2.17. The predicted octanol–water partition coefficient (Wildman–Crippen LogP) is 3.89. The first-order chi connectivity index (χ1) is 13.0. The van der Waals surface area contributed by atoms with Crippen molar-refractivity contribution in [3.8, 4) is 0 Å². The number of carbonyl (C=O) groups is 2. The predicted molar refractivity (Wildman–Crippen MR) is 99.4 cm³/mol. The smallest absolute Gasteiger partial charge is 0.226 e. The number of fused-ring (bicyclic) bond motifs is 1. The summed E-state index contributed by atoms with van der Waals surface area (Å²) in [5.74, 6) is -2.67. The van der Waals surface area contributed by atoms with Gasteiger partial charge < -0.3 is 10.2 Å². The average molecular weight is 369 g/mol. The van der Waals surface area contributed by atoms with Gasteiger partial charge in [-0.3, -0.25) is 14.6 Å². The molecule has 1 heterocycles. The van der Waals surface area contributed by atoms with E-state index in [1.54, 1.807) is 18.3 Å². The molecular weight excluding hydrogens is 352 g/mol. The number of nitrogens with one attached hydrogen (secondary N) is 1. The second-order valence-corrected chi connectivity index (χ2v) is 5.95. The summed E-state index contributed by atoms with van der Waals surface area (Å²) in [5, 5.41) is 3.38. The van der Waals surface area contributed by atoms with Gasteiger partial charge in [0.05, 0.1) is 11.2 Å². The Morgan fingerprint density at radius 3 is 2.59 bits per heavy atom. The molecule has 5 nitrogen and oxygen atoms in total. The van der Waals surface area contributed by atoms with Crippen LogP contribution in [-0.2, 0) is 9.59 Å². The number of aromatic nitrogens is 1. The van der Waals surface area contributed by atoms with Gasteiger partial charge in [0.25, 0.3) is 0 Å². The van der Waals surface area contributed by atoms with Crippen LogP contribution >= 0.6 is 0 Å². The maximum Gasteiger partial charge on any atom is 0.226 e. The molecule has 7 heteroatoms. The lowest BCUT2D eigenvalue weighted by molar-refractivity contribution is -0.117. The highest BCUT2D eigenvalue weighted by molar-refractivity contribution is 6.01. The number of anilines is 2. The van der Waals surface area contributed by atoms with Gasteiger partial charge in [-0.1, -0.05) is 18.2 Å². The number of rotatable bonds is 5. The third-order valence-electron chi connectivity index (χ3n) is 4.05. The molecule has 27 heavy (non-hydrogen) atoms. The van der Waals surface area contributed by atoms with Crippen LogP contribution in [-0.4, -0.2) is 23.3 Å². The number of hydrogen-bond acceptors (Lipinski definition) is 3. The Kier molecular flexibility index (Phi) is 5.40. The van der Waals surface area contributed by atoms with Crippen LogP contribution in [0.4, 0.5) is 20.2 Å². The van der Waals surface area contributed by atoms with Crippen LogP contribution in [0.2, 0.25) is 0 Å². The molecule has 2 amide bonds. The maximum absolute atomic E-state index is 13.2. The quantitative estimate of drug-likeness (QED) is 0.742. The van der Waals surface area contributed by atoms with E-state index >= 15 is 0 Å². The molecule has 3 rings (SSSR count). The van der Waals surface area contributed by atoms with Crippen LogP contribution in [0.1, 0.15) is 13.3 Å². The van der Waals surface area contributed by atoms with Gasteiger partial charge in [-0.2, -0.15) is 0 Å². The van der Waals surface area contributed by atoms with E-state index in [2.05, 4.69) is 10.3 Å². The lowest BCUT2D eigenvalue weighted by atomic mass is 10.1. The third-order valence-corrected chi connectivity index (χ3v) is 4.05. The second-order valence-electron chi connectivity index (χ2n) is 5.95. The molecule has 2 aromatic carbocycles. The molecule has 0 aliphatic heterocycles. The molecule has 1 aromatic heterocycles. The number of halogens is 2. The summed E-state index contributed by atoms with van der Waals surface area (Å²) >= 11 is 0. The van der Waals surface area contributed by atoms with Crippen molar-refractivity contribution in [2.75, 3.05) is 16.8 Å². The van der Waals surface area contributed by atoms with E-state index in [1.165, 1.54) is 17.9 Å². The fourth-order valence-electron chi connectivity index (χ4n) is 2.76. The minimum Gasteiger partial charge on any atom is -0.326 e. The largest absolute Gasteiger partial charge is 0.326 e. The maximum atomic E-state index is 13.2. The molecule has 0 aliphatic rings. The Morgan fingerprint density at radius 1 is 1.07 bits per heavy atom. The first kappa shape index (κ1) is 18.4.